The summed E-state index contributed by atoms with van der Waals surface area (Å²) in [5.74, 6) is 0.821. The molecule has 0 spiro atoms. The number of methoxy groups -OCH3 is 1. The Morgan fingerprint density at radius 3 is 2.76 bits per heavy atom. The fraction of sp³-hybridized carbons (Fsp3) is 0.500. The fourth-order valence-corrected chi connectivity index (χ4v) is 2.67. The maximum atomic E-state index is 5.51. The van der Waals surface area contributed by atoms with Gasteiger partial charge in [0.15, 0.2) is 5.75 Å². The second-order valence-electron chi connectivity index (χ2n) is 4.97. The maximum Gasteiger partial charge on any atom is 0.161 e. The van der Waals surface area contributed by atoms with Crippen LogP contribution in [0.4, 0.5) is 0 Å². The first kappa shape index (κ1) is 15.5. The molecule has 0 radical (unpaired) electrons. The highest BCUT2D eigenvalue weighted by molar-refractivity contribution is 5.39. The highest BCUT2D eigenvalue weighted by Crippen LogP contribution is 2.31. The summed E-state index contributed by atoms with van der Waals surface area (Å²) in [6.45, 7) is 5.17. The predicted octanol–water partition coefficient (Wildman–Crippen LogP) is 2.57. The van der Waals surface area contributed by atoms with Gasteiger partial charge in [-0.05, 0) is 37.1 Å². The quantitative estimate of drug-likeness (QED) is 0.851. The predicted molar refractivity (Wildman–Crippen MR) is 83.6 cm³/mol. The Labute approximate surface area is 126 Å². The average Bonchev–Trinajstić information content (AvgIpc) is 2.92. The molecule has 0 saturated carbocycles. The zero-order valence-electron chi connectivity index (χ0n) is 13.3. The summed E-state index contributed by atoms with van der Waals surface area (Å²) in [5.41, 5.74) is 3.54. The molecule has 0 aromatic carbocycles. The Morgan fingerprint density at radius 1 is 1.33 bits per heavy atom. The molecule has 1 unspecified atom stereocenters. The summed E-state index contributed by atoms with van der Waals surface area (Å²) in [7, 11) is 3.66. The summed E-state index contributed by atoms with van der Waals surface area (Å²) in [6.07, 6.45) is 7.55. The lowest BCUT2D eigenvalue weighted by Gasteiger charge is -2.21. The van der Waals surface area contributed by atoms with E-state index >= 15 is 0 Å². The van der Waals surface area contributed by atoms with Gasteiger partial charge in [-0.25, -0.2) is 0 Å². The first-order valence-corrected chi connectivity index (χ1v) is 7.46. The number of ether oxygens (including phenoxy) is 1. The van der Waals surface area contributed by atoms with Crippen LogP contribution in [0.25, 0.3) is 0 Å². The van der Waals surface area contributed by atoms with Gasteiger partial charge in [0.1, 0.15) is 5.69 Å². The molecule has 2 heterocycles. The zero-order valence-corrected chi connectivity index (χ0v) is 13.3. The Balaban J connectivity index is 2.52. The molecule has 0 fully saturated rings. The van der Waals surface area contributed by atoms with Crippen LogP contribution < -0.4 is 10.1 Å². The summed E-state index contributed by atoms with van der Waals surface area (Å²) in [4.78, 5) is 4.23. The van der Waals surface area contributed by atoms with E-state index < -0.39 is 0 Å². The molecule has 5 heteroatoms. The van der Waals surface area contributed by atoms with Gasteiger partial charge in [0.2, 0.25) is 0 Å². The summed E-state index contributed by atoms with van der Waals surface area (Å²) < 4.78 is 7.54. The largest absolute Gasteiger partial charge is 0.493 e. The van der Waals surface area contributed by atoms with Gasteiger partial charge < -0.3 is 10.1 Å². The molecule has 2 aromatic heterocycles. The molecule has 0 saturated heterocycles. The average molecular weight is 288 g/mol. The van der Waals surface area contributed by atoms with Crippen molar-refractivity contribution in [1.29, 1.82) is 0 Å². The number of rotatable bonds is 7. The van der Waals surface area contributed by atoms with E-state index in [2.05, 4.69) is 35.3 Å². The summed E-state index contributed by atoms with van der Waals surface area (Å²) in [6, 6.07) is 2.12. The first-order chi connectivity index (χ1) is 10.3. The van der Waals surface area contributed by atoms with E-state index in [9.17, 15) is 0 Å². The van der Waals surface area contributed by atoms with Gasteiger partial charge in [0.05, 0.1) is 19.3 Å². The molecule has 1 N–H and O–H groups in total. The molecule has 5 nitrogen and oxygen atoms in total. The first-order valence-electron chi connectivity index (χ1n) is 7.46. The topological polar surface area (TPSA) is 52.0 Å². The number of aromatic nitrogens is 3. The minimum absolute atomic E-state index is 0.0481. The highest BCUT2D eigenvalue weighted by Gasteiger charge is 2.23. The van der Waals surface area contributed by atoms with Crippen molar-refractivity contribution in [2.45, 2.75) is 39.3 Å². The summed E-state index contributed by atoms with van der Waals surface area (Å²) in [5, 5.41) is 7.86. The Kier molecular flexibility index (Phi) is 5.33. The highest BCUT2D eigenvalue weighted by atomic mass is 16.5. The fourth-order valence-electron chi connectivity index (χ4n) is 2.67. The number of hydrogen-bond donors (Lipinski definition) is 1. The molecule has 0 bridgehead atoms. The van der Waals surface area contributed by atoms with Crippen LogP contribution in [0, 0.1) is 0 Å². The number of aryl methyl sites for hydroxylation is 2. The van der Waals surface area contributed by atoms with Crippen molar-refractivity contribution < 1.29 is 4.74 Å². The van der Waals surface area contributed by atoms with Crippen LogP contribution in [0.2, 0.25) is 0 Å². The molecule has 0 aliphatic carbocycles. The lowest BCUT2D eigenvalue weighted by atomic mass is 9.98. The monoisotopic (exact) mass is 288 g/mol. The van der Waals surface area contributed by atoms with Crippen molar-refractivity contribution in [3.8, 4) is 5.75 Å². The Morgan fingerprint density at radius 2 is 2.14 bits per heavy atom. The van der Waals surface area contributed by atoms with Crippen molar-refractivity contribution in [3.05, 3.63) is 41.5 Å². The van der Waals surface area contributed by atoms with Crippen molar-refractivity contribution in [2.75, 3.05) is 14.2 Å². The van der Waals surface area contributed by atoms with E-state index in [0.29, 0.717) is 0 Å². The van der Waals surface area contributed by atoms with Crippen LogP contribution in [-0.2, 0) is 13.0 Å². The lowest BCUT2D eigenvalue weighted by molar-refractivity contribution is 0.400. The van der Waals surface area contributed by atoms with Gasteiger partial charge in [-0.1, -0.05) is 13.8 Å². The molecular weight excluding hydrogens is 264 g/mol. The van der Waals surface area contributed by atoms with Crippen LogP contribution in [0.5, 0.6) is 5.75 Å². The molecule has 2 rings (SSSR count). The minimum atomic E-state index is 0.0481. The van der Waals surface area contributed by atoms with Crippen LogP contribution in [0.1, 0.15) is 43.1 Å². The van der Waals surface area contributed by atoms with E-state index in [4.69, 9.17) is 4.74 Å². The third-order valence-electron chi connectivity index (χ3n) is 3.70. The van der Waals surface area contributed by atoms with E-state index in [1.165, 1.54) is 11.1 Å². The molecule has 21 heavy (non-hydrogen) atoms. The van der Waals surface area contributed by atoms with Gasteiger partial charge in [-0.15, -0.1) is 0 Å². The SMILES string of the molecule is CCCn1ncc(OC)c1C(NC)c1ccncc1CC. The van der Waals surface area contributed by atoms with Crippen LogP contribution >= 0.6 is 0 Å². The van der Waals surface area contributed by atoms with Gasteiger partial charge >= 0.3 is 0 Å². The Hall–Kier alpha value is -1.88. The van der Waals surface area contributed by atoms with Crippen LogP contribution in [0.15, 0.2) is 24.7 Å². The maximum absolute atomic E-state index is 5.51. The van der Waals surface area contributed by atoms with Crippen LogP contribution in [-0.4, -0.2) is 28.9 Å². The minimum Gasteiger partial charge on any atom is -0.493 e. The lowest BCUT2D eigenvalue weighted by Crippen LogP contribution is -2.23. The van der Waals surface area contributed by atoms with Crippen LogP contribution in [0.3, 0.4) is 0 Å². The summed E-state index contributed by atoms with van der Waals surface area (Å²) >= 11 is 0. The molecule has 0 aliphatic rings. The van der Waals surface area contributed by atoms with E-state index in [-0.39, 0.29) is 6.04 Å². The third kappa shape index (κ3) is 3.08. The standard InChI is InChI=1S/C16H24N4O/c1-5-9-20-16(14(21-4)11-19-20)15(17-3)13-7-8-18-10-12(13)6-2/h7-8,10-11,15,17H,5-6,9H2,1-4H3. The van der Waals surface area contributed by atoms with Crippen molar-refractivity contribution in [3.63, 3.8) is 0 Å². The zero-order chi connectivity index (χ0) is 15.2. The normalized spacial score (nSPS) is 12.4. The Bertz CT molecular complexity index is 579. The van der Waals surface area contributed by atoms with E-state index in [1.54, 1.807) is 13.3 Å². The number of hydrogen-bond acceptors (Lipinski definition) is 4. The van der Waals surface area contributed by atoms with Gasteiger partial charge in [-0.3, -0.25) is 9.67 Å². The van der Waals surface area contributed by atoms with Gasteiger partial charge in [0, 0.05) is 18.9 Å². The van der Waals surface area contributed by atoms with Crippen molar-refractivity contribution in [2.24, 2.45) is 0 Å². The third-order valence-corrected chi connectivity index (χ3v) is 3.70. The molecule has 1 atom stereocenters. The molecule has 0 amide bonds. The molecular formula is C16H24N4O. The number of pyridine rings is 1. The van der Waals surface area contributed by atoms with Gasteiger partial charge in [0.25, 0.3) is 0 Å². The van der Waals surface area contributed by atoms with E-state index in [0.717, 1.165) is 30.8 Å². The van der Waals surface area contributed by atoms with Gasteiger partial charge in [-0.2, -0.15) is 5.10 Å². The van der Waals surface area contributed by atoms with E-state index in [1.807, 2.05) is 24.1 Å². The second-order valence-corrected chi connectivity index (χ2v) is 4.97. The smallest absolute Gasteiger partial charge is 0.161 e. The molecule has 2 aromatic rings. The second kappa shape index (κ2) is 7.22. The van der Waals surface area contributed by atoms with Crippen molar-refractivity contribution >= 4 is 0 Å². The number of nitrogens with zero attached hydrogens (tertiary/aromatic N) is 3. The van der Waals surface area contributed by atoms with Crippen molar-refractivity contribution in [1.82, 2.24) is 20.1 Å². The molecule has 0 aliphatic heterocycles. The number of nitrogens with one attached hydrogen (secondary N) is 1. The molecule has 114 valence electrons.